The highest BCUT2D eigenvalue weighted by Crippen LogP contribution is 2.37. The summed E-state index contributed by atoms with van der Waals surface area (Å²) in [6.45, 7) is 12.2. The van der Waals surface area contributed by atoms with E-state index in [9.17, 15) is 9.90 Å². The number of nitrogens with zero attached hydrogens (tertiary/aromatic N) is 3. The number of aliphatic hydroxyl groups excluding tert-OH is 1. The maximum absolute atomic E-state index is 15.7. The van der Waals surface area contributed by atoms with E-state index in [1.165, 1.54) is 45.1 Å². The number of methoxy groups -OCH3 is 3. The zero-order valence-electron chi connectivity index (χ0n) is 26.6. The lowest BCUT2D eigenvalue weighted by atomic mass is 10.00. The Bertz CT molecular complexity index is 1360. The van der Waals surface area contributed by atoms with E-state index in [0.29, 0.717) is 39.8 Å². The lowest BCUT2D eigenvalue weighted by Gasteiger charge is -2.27. The summed E-state index contributed by atoms with van der Waals surface area (Å²) in [5, 5.41) is 14.4. The van der Waals surface area contributed by atoms with E-state index in [4.69, 9.17) is 19.2 Å². The minimum absolute atomic E-state index is 0.0535. The summed E-state index contributed by atoms with van der Waals surface area (Å²) in [5.74, 6) is 0.0200. The van der Waals surface area contributed by atoms with Crippen LogP contribution in [0.4, 0.5) is 14.9 Å². The van der Waals surface area contributed by atoms with Crippen molar-refractivity contribution in [1.29, 1.82) is 0 Å². The molecule has 1 aliphatic carbocycles. The van der Waals surface area contributed by atoms with Gasteiger partial charge in [-0.05, 0) is 68.0 Å². The number of aliphatic hydroxyl groups is 1. The highest BCUT2D eigenvalue weighted by Gasteiger charge is 2.27. The highest BCUT2D eigenvalue weighted by atomic mass is 19.1. The van der Waals surface area contributed by atoms with Gasteiger partial charge in [-0.25, -0.2) is 14.2 Å². The molecule has 2 N–H and O–H groups in total. The number of aromatic nitrogens is 2. The predicted octanol–water partition coefficient (Wildman–Crippen LogP) is 6.49. The minimum Gasteiger partial charge on any atom is -0.453 e. The maximum atomic E-state index is 15.7. The van der Waals surface area contributed by atoms with Crippen LogP contribution in [0.1, 0.15) is 56.4 Å². The van der Waals surface area contributed by atoms with Gasteiger partial charge in [0.05, 0.1) is 37.7 Å². The first-order chi connectivity index (χ1) is 20.6. The molecule has 4 rings (SSSR count). The van der Waals surface area contributed by atoms with Crippen LogP contribution in [0.2, 0.25) is 0 Å². The third-order valence-electron chi connectivity index (χ3n) is 7.47. The lowest BCUT2D eigenvalue weighted by molar-refractivity contribution is -0.115. The van der Waals surface area contributed by atoms with Crippen molar-refractivity contribution in [2.75, 3.05) is 39.7 Å². The molecule has 1 atom stereocenters. The summed E-state index contributed by atoms with van der Waals surface area (Å²) in [6.07, 6.45) is 4.48. The van der Waals surface area contributed by atoms with E-state index in [0.717, 1.165) is 24.1 Å². The summed E-state index contributed by atoms with van der Waals surface area (Å²) in [7, 11) is 4.20. The standard InChI is InChI=1S/C29H37FN4O5.C4H10/c1-17-9-10-34-24(14-22(35)15-33(29(36)39-6)16-26(37-4)38-5)28(32-25(34)11-17)27-18(2)12-21(13-23(27)30)31-19(3)20-7-8-20;1-3-4-2/h9-13,20,22,26,31,35H,3,7-8,14-16H2,1-2,4-6H3;3-4H2,1-2H3/t22-;/m0./s1. The number of nitrogens with one attached hydrogen (secondary N) is 1. The van der Waals surface area contributed by atoms with Crippen LogP contribution in [0.15, 0.2) is 42.7 Å². The molecule has 2 heterocycles. The van der Waals surface area contributed by atoms with Gasteiger partial charge in [-0.3, -0.25) is 0 Å². The van der Waals surface area contributed by atoms with Gasteiger partial charge in [0.15, 0.2) is 6.29 Å². The molecule has 1 aliphatic rings. The fourth-order valence-corrected chi connectivity index (χ4v) is 4.75. The molecular formula is C33H47FN4O5. The van der Waals surface area contributed by atoms with Crippen LogP contribution in [-0.4, -0.2) is 72.3 Å². The Kier molecular flexibility index (Phi) is 12.5. The van der Waals surface area contributed by atoms with Crippen molar-refractivity contribution in [2.24, 2.45) is 5.92 Å². The summed E-state index contributed by atoms with van der Waals surface area (Å²) < 4.78 is 32.9. The quantitative estimate of drug-likeness (QED) is 0.217. The summed E-state index contributed by atoms with van der Waals surface area (Å²) >= 11 is 0. The van der Waals surface area contributed by atoms with Crippen LogP contribution in [0.5, 0.6) is 0 Å². The normalized spacial score (nSPS) is 13.4. The zero-order chi connectivity index (χ0) is 31.7. The molecule has 2 aromatic heterocycles. The summed E-state index contributed by atoms with van der Waals surface area (Å²) in [4.78, 5) is 18.5. The van der Waals surface area contributed by atoms with Gasteiger partial charge in [-0.2, -0.15) is 0 Å². The van der Waals surface area contributed by atoms with Crippen molar-refractivity contribution in [2.45, 2.75) is 72.2 Å². The Balaban J connectivity index is 0.00000119. The fourth-order valence-electron chi connectivity index (χ4n) is 4.75. The molecule has 0 saturated heterocycles. The van der Waals surface area contributed by atoms with Gasteiger partial charge < -0.3 is 33.9 Å². The number of amides is 1. The van der Waals surface area contributed by atoms with Gasteiger partial charge in [0, 0.05) is 43.8 Å². The third-order valence-corrected chi connectivity index (χ3v) is 7.47. The van der Waals surface area contributed by atoms with E-state index in [-0.39, 0.29) is 19.5 Å². The van der Waals surface area contributed by atoms with E-state index in [2.05, 4.69) is 25.7 Å². The van der Waals surface area contributed by atoms with Crippen LogP contribution < -0.4 is 5.32 Å². The van der Waals surface area contributed by atoms with Crippen LogP contribution in [-0.2, 0) is 20.6 Å². The van der Waals surface area contributed by atoms with E-state index >= 15 is 4.39 Å². The molecule has 0 radical (unpaired) electrons. The van der Waals surface area contributed by atoms with Crippen LogP contribution in [0.25, 0.3) is 16.9 Å². The molecule has 1 amide bonds. The second-order valence-corrected chi connectivity index (χ2v) is 11.0. The fraction of sp³-hybridized carbons (Fsp3) is 0.515. The Morgan fingerprint density at radius 3 is 2.40 bits per heavy atom. The number of imidazole rings is 1. The Hall–Kier alpha value is -3.47. The van der Waals surface area contributed by atoms with Crippen molar-refractivity contribution in [3.05, 3.63) is 65.4 Å². The lowest BCUT2D eigenvalue weighted by Crippen LogP contribution is -2.43. The van der Waals surface area contributed by atoms with Crippen molar-refractivity contribution < 1.29 is 28.5 Å². The molecule has 1 aromatic carbocycles. The zero-order valence-corrected chi connectivity index (χ0v) is 26.6. The Morgan fingerprint density at radius 2 is 1.84 bits per heavy atom. The molecule has 0 unspecified atom stereocenters. The average Bonchev–Trinajstić information content (AvgIpc) is 3.78. The number of hydrogen-bond donors (Lipinski definition) is 2. The van der Waals surface area contributed by atoms with E-state index in [1.54, 1.807) is 0 Å². The van der Waals surface area contributed by atoms with Gasteiger partial charge in [0.25, 0.3) is 0 Å². The van der Waals surface area contributed by atoms with Gasteiger partial charge in [0.1, 0.15) is 11.5 Å². The van der Waals surface area contributed by atoms with E-state index < -0.39 is 24.3 Å². The summed E-state index contributed by atoms with van der Waals surface area (Å²) in [5.41, 5.74) is 5.32. The number of pyridine rings is 1. The van der Waals surface area contributed by atoms with Gasteiger partial charge in [0.2, 0.25) is 0 Å². The Labute approximate surface area is 254 Å². The minimum atomic E-state index is -1.01. The molecule has 3 aromatic rings. The molecule has 43 heavy (non-hydrogen) atoms. The van der Waals surface area contributed by atoms with Gasteiger partial charge >= 0.3 is 6.09 Å². The topological polar surface area (TPSA) is 97.6 Å². The second kappa shape index (κ2) is 15.8. The molecule has 1 saturated carbocycles. The molecule has 10 heteroatoms. The van der Waals surface area contributed by atoms with Gasteiger partial charge in [-0.15, -0.1) is 0 Å². The number of carbonyl (C=O) groups excluding carboxylic acids is 1. The summed E-state index contributed by atoms with van der Waals surface area (Å²) in [6, 6.07) is 7.18. The second-order valence-electron chi connectivity index (χ2n) is 11.0. The number of fused-ring (bicyclic) bond motifs is 1. The smallest absolute Gasteiger partial charge is 0.409 e. The highest BCUT2D eigenvalue weighted by molar-refractivity contribution is 5.73. The molecule has 0 aliphatic heterocycles. The Morgan fingerprint density at radius 1 is 1.16 bits per heavy atom. The van der Waals surface area contributed by atoms with Crippen molar-refractivity contribution in [3.8, 4) is 11.3 Å². The molecule has 0 bridgehead atoms. The third kappa shape index (κ3) is 9.01. The number of benzene rings is 1. The number of anilines is 1. The van der Waals surface area contributed by atoms with Crippen molar-refractivity contribution >= 4 is 17.4 Å². The molecule has 1 fully saturated rings. The molecule has 0 spiro atoms. The number of hydrogen-bond acceptors (Lipinski definition) is 7. The average molecular weight is 599 g/mol. The molecule has 9 nitrogen and oxygen atoms in total. The first-order valence-corrected chi connectivity index (χ1v) is 14.9. The number of allylic oxidation sites excluding steroid dienone is 1. The van der Waals surface area contributed by atoms with Crippen molar-refractivity contribution in [1.82, 2.24) is 14.3 Å². The van der Waals surface area contributed by atoms with Crippen LogP contribution in [0.3, 0.4) is 0 Å². The van der Waals surface area contributed by atoms with Crippen LogP contribution in [0, 0.1) is 25.6 Å². The first-order valence-electron chi connectivity index (χ1n) is 14.9. The largest absolute Gasteiger partial charge is 0.453 e. The van der Waals surface area contributed by atoms with E-state index in [1.807, 2.05) is 42.6 Å². The van der Waals surface area contributed by atoms with Crippen LogP contribution >= 0.6 is 0 Å². The number of carbonyl (C=O) groups is 1. The van der Waals surface area contributed by atoms with Gasteiger partial charge in [-0.1, -0.05) is 33.3 Å². The SMILES string of the molecule is C=C(Nc1cc(C)c(-c2nc3cc(C)ccn3c2C[C@H](O)CN(CC(OC)OC)C(=O)OC)c(F)c1)C1CC1.CCCC. The van der Waals surface area contributed by atoms with Crippen molar-refractivity contribution in [3.63, 3.8) is 0 Å². The number of rotatable bonds is 13. The molecule has 236 valence electrons. The number of aryl methyl sites for hydroxylation is 2. The number of ether oxygens (including phenoxy) is 3. The maximum Gasteiger partial charge on any atom is 0.409 e. The monoisotopic (exact) mass is 598 g/mol. The number of halogens is 1. The number of unbranched alkanes of at least 4 members (excludes halogenated alkanes) is 1. The predicted molar refractivity (Wildman–Crippen MR) is 168 cm³/mol. The first kappa shape index (κ1) is 34.0. The molecular weight excluding hydrogens is 551 g/mol.